The van der Waals surface area contributed by atoms with Crippen LogP contribution in [0, 0.1) is 6.92 Å². The summed E-state index contributed by atoms with van der Waals surface area (Å²) in [6, 6.07) is 11.5. The van der Waals surface area contributed by atoms with E-state index in [0.717, 1.165) is 40.8 Å². The lowest BCUT2D eigenvalue weighted by atomic mass is 9.97. The van der Waals surface area contributed by atoms with Crippen molar-refractivity contribution in [2.24, 2.45) is 0 Å². The van der Waals surface area contributed by atoms with Crippen LogP contribution in [0.3, 0.4) is 0 Å². The Morgan fingerprint density at radius 3 is 2.67 bits per heavy atom. The van der Waals surface area contributed by atoms with Gasteiger partial charge in [0.15, 0.2) is 0 Å². The maximum Gasteiger partial charge on any atom is 0.336 e. The van der Waals surface area contributed by atoms with Crippen LogP contribution in [0.15, 0.2) is 45.6 Å². The third-order valence-corrected chi connectivity index (χ3v) is 5.92. The lowest BCUT2D eigenvalue weighted by molar-refractivity contribution is -0.143. The van der Waals surface area contributed by atoms with Crippen molar-refractivity contribution in [1.82, 2.24) is 4.90 Å². The molecule has 1 aliphatic rings. The molecule has 0 atom stereocenters. The first-order chi connectivity index (χ1) is 16.0. The zero-order valence-corrected chi connectivity index (χ0v) is 19.3. The Kier molecular flexibility index (Phi) is 6.99. The highest BCUT2D eigenvalue weighted by molar-refractivity contribution is 5.86. The molecular weight excluding hydrogens is 422 g/mol. The Morgan fingerprint density at radius 1 is 1.15 bits per heavy atom. The number of benzene rings is 2. The highest BCUT2D eigenvalue weighted by Crippen LogP contribution is 2.37. The molecule has 0 saturated heterocycles. The molecule has 0 aliphatic carbocycles. The van der Waals surface area contributed by atoms with Crippen LogP contribution in [-0.4, -0.2) is 37.9 Å². The number of carbonyl (C=O) groups is 1. The lowest BCUT2D eigenvalue weighted by Gasteiger charge is -2.31. The number of nitrogens with zero attached hydrogens (tertiary/aromatic N) is 1. The van der Waals surface area contributed by atoms with Gasteiger partial charge < -0.3 is 18.6 Å². The molecule has 2 aromatic carbocycles. The first-order valence-corrected chi connectivity index (χ1v) is 11.2. The van der Waals surface area contributed by atoms with Gasteiger partial charge in [-0.2, -0.15) is 0 Å². The summed E-state index contributed by atoms with van der Waals surface area (Å²) in [5, 5.41) is 0.868. The van der Waals surface area contributed by atoms with E-state index >= 15 is 0 Å². The molecule has 7 heteroatoms. The number of fused-ring (bicyclic) bond motifs is 3. The summed E-state index contributed by atoms with van der Waals surface area (Å²) in [6.07, 6.45) is 1.62. The molecule has 2 heterocycles. The quantitative estimate of drug-likeness (QED) is 0.378. The number of carbonyl (C=O) groups excluding carboxylic acids is 1. The largest absolute Gasteiger partial charge is 0.497 e. The van der Waals surface area contributed by atoms with Crippen LogP contribution >= 0.6 is 0 Å². The van der Waals surface area contributed by atoms with Gasteiger partial charge >= 0.3 is 11.6 Å². The van der Waals surface area contributed by atoms with Gasteiger partial charge in [0, 0.05) is 31.0 Å². The third-order valence-electron chi connectivity index (χ3n) is 5.92. The van der Waals surface area contributed by atoms with Crippen molar-refractivity contribution in [2.45, 2.75) is 39.7 Å². The molecule has 0 bridgehead atoms. The second-order valence-corrected chi connectivity index (χ2v) is 8.20. The second kappa shape index (κ2) is 10.1. The Bertz CT molecular complexity index is 1200. The molecule has 33 heavy (non-hydrogen) atoms. The highest BCUT2D eigenvalue weighted by atomic mass is 16.5. The van der Waals surface area contributed by atoms with E-state index in [1.807, 2.05) is 25.1 Å². The SMILES string of the molecule is CCOC(=O)CCc1cc2c(C)cc(=O)oc2c2c1OCN(CCc1ccc(OC)cc1)C2. The normalized spacial score (nSPS) is 13.4. The summed E-state index contributed by atoms with van der Waals surface area (Å²) in [5.74, 6) is 1.31. The van der Waals surface area contributed by atoms with Gasteiger partial charge in [-0.3, -0.25) is 9.69 Å². The molecule has 4 rings (SSSR count). The minimum Gasteiger partial charge on any atom is -0.497 e. The number of hydrogen-bond donors (Lipinski definition) is 0. The number of ether oxygens (including phenoxy) is 3. The molecule has 1 aliphatic heterocycles. The Hall–Kier alpha value is -3.32. The van der Waals surface area contributed by atoms with E-state index in [9.17, 15) is 9.59 Å². The minimum absolute atomic E-state index is 0.236. The number of rotatable bonds is 8. The van der Waals surface area contributed by atoms with E-state index in [4.69, 9.17) is 18.6 Å². The number of esters is 1. The van der Waals surface area contributed by atoms with Gasteiger partial charge in [-0.25, -0.2) is 4.79 Å². The molecule has 0 fully saturated rings. The molecule has 0 amide bonds. The standard InChI is InChI=1S/C26H29NO6/c1-4-31-23(28)10-7-19-14-21-17(2)13-24(29)33-26(21)22-15-27(16-32-25(19)22)12-11-18-5-8-20(30-3)9-6-18/h5-6,8-9,13-14H,4,7,10-12,15-16H2,1-3H3. The summed E-state index contributed by atoms with van der Waals surface area (Å²) in [4.78, 5) is 26.2. The zero-order chi connectivity index (χ0) is 23.4. The predicted molar refractivity (Wildman–Crippen MR) is 125 cm³/mol. The number of hydrogen-bond acceptors (Lipinski definition) is 7. The molecule has 1 aromatic heterocycles. The Labute approximate surface area is 192 Å². The van der Waals surface area contributed by atoms with Crippen LogP contribution in [0.2, 0.25) is 0 Å². The minimum atomic E-state index is -0.378. The van der Waals surface area contributed by atoms with Crippen molar-refractivity contribution in [2.75, 3.05) is 27.0 Å². The third kappa shape index (κ3) is 5.20. The van der Waals surface area contributed by atoms with Crippen LogP contribution in [0.5, 0.6) is 11.5 Å². The van der Waals surface area contributed by atoms with Gasteiger partial charge in [-0.1, -0.05) is 12.1 Å². The van der Waals surface area contributed by atoms with Gasteiger partial charge in [0.1, 0.15) is 23.8 Å². The van der Waals surface area contributed by atoms with Crippen LogP contribution in [-0.2, 0) is 28.9 Å². The van der Waals surface area contributed by atoms with Crippen molar-refractivity contribution in [1.29, 1.82) is 0 Å². The molecule has 0 N–H and O–H groups in total. The van der Waals surface area contributed by atoms with E-state index < -0.39 is 0 Å². The fourth-order valence-corrected chi connectivity index (χ4v) is 4.19. The molecule has 0 unspecified atom stereocenters. The number of methoxy groups -OCH3 is 1. The van der Waals surface area contributed by atoms with Gasteiger partial charge in [0.05, 0.1) is 19.3 Å². The van der Waals surface area contributed by atoms with Gasteiger partial charge in [0.2, 0.25) is 0 Å². The number of aryl methyl sites for hydroxylation is 2. The monoisotopic (exact) mass is 451 g/mol. The molecule has 0 radical (unpaired) electrons. The van der Waals surface area contributed by atoms with E-state index in [0.29, 0.717) is 37.6 Å². The van der Waals surface area contributed by atoms with Crippen LogP contribution in [0.25, 0.3) is 11.0 Å². The summed E-state index contributed by atoms with van der Waals surface area (Å²) in [7, 11) is 1.66. The van der Waals surface area contributed by atoms with Crippen molar-refractivity contribution in [3.63, 3.8) is 0 Å². The van der Waals surface area contributed by atoms with E-state index in [1.54, 1.807) is 14.0 Å². The molecular formula is C26H29NO6. The van der Waals surface area contributed by atoms with E-state index in [2.05, 4.69) is 17.0 Å². The van der Waals surface area contributed by atoms with Crippen molar-refractivity contribution >= 4 is 16.9 Å². The highest BCUT2D eigenvalue weighted by Gasteiger charge is 2.25. The fourth-order valence-electron chi connectivity index (χ4n) is 4.19. The summed E-state index contributed by atoms with van der Waals surface area (Å²) >= 11 is 0. The smallest absolute Gasteiger partial charge is 0.336 e. The maximum absolute atomic E-state index is 12.1. The van der Waals surface area contributed by atoms with Crippen molar-refractivity contribution in [3.8, 4) is 11.5 Å². The molecule has 7 nitrogen and oxygen atoms in total. The van der Waals surface area contributed by atoms with E-state index in [1.165, 1.54) is 11.6 Å². The Morgan fingerprint density at radius 2 is 1.94 bits per heavy atom. The maximum atomic E-state index is 12.1. The average Bonchev–Trinajstić information content (AvgIpc) is 2.82. The predicted octanol–water partition coefficient (Wildman–Crippen LogP) is 4.00. The molecule has 174 valence electrons. The van der Waals surface area contributed by atoms with Crippen LogP contribution in [0.4, 0.5) is 0 Å². The Balaban J connectivity index is 1.60. The van der Waals surface area contributed by atoms with Crippen LogP contribution < -0.4 is 15.1 Å². The van der Waals surface area contributed by atoms with E-state index in [-0.39, 0.29) is 18.0 Å². The summed E-state index contributed by atoms with van der Waals surface area (Å²) < 4.78 is 22.1. The van der Waals surface area contributed by atoms with Gasteiger partial charge in [-0.05, 0) is 61.6 Å². The topological polar surface area (TPSA) is 78.2 Å². The first kappa shape index (κ1) is 22.9. The second-order valence-electron chi connectivity index (χ2n) is 8.20. The summed E-state index contributed by atoms with van der Waals surface area (Å²) in [5.41, 5.74) is 4.01. The summed E-state index contributed by atoms with van der Waals surface area (Å²) in [6.45, 7) is 5.87. The molecule has 0 saturated carbocycles. The van der Waals surface area contributed by atoms with Gasteiger partial charge in [-0.15, -0.1) is 0 Å². The fraction of sp³-hybridized carbons (Fsp3) is 0.385. The first-order valence-electron chi connectivity index (χ1n) is 11.2. The molecule has 0 spiro atoms. The van der Waals surface area contributed by atoms with Gasteiger partial charge in [0.25, 0.3) is 0 Å². The van der Waals surface area contributed by atoms with Crippen molar-refractivity contribution in [3.05, 3.63) is 69.1 Å². The average molecular weight is 452 g/mol. The lowest BCUT2D eigenvalue weighted by Crippen LogP contribution is -2.34. The zero-order valence-electron chi connectivity index (χ0n) is 19.3. The van der Waals surface area contributed by atoms with Crippen molar-refractivity contribution < 1.29 is 23.4 Å². The van der Waals surface area contributed by atoms with Crippen LogP contribution in [0.1, 0.15) is 35.6 Å². The molecule has 3 aromatic rings.